The van der Waals surface area contributed by atoms with Crippen molar-refractivity contribution in [1.82, 2.24) is 0 Å². The molecule has 3 nitrogen and oxygen atoms in total. The maximum absolute atomic E-state index is 9.90. The summed E-state index contributed by atoms with van der Waals surface area (Å²) in [6.45, 7) is 6.89. The smallest absolute Gasteiger partial charge is 0.119 e. The molecule has 0 amide bonds. The minimum absolute atomic E-state index is 0.594. The second-order valence-electron chi connectivity index (χ2n) is 5.40. The van der Waals surface area contributed by atoms with Gasteiger partial charge >= 0.3 is 0 Å². The van der Waals surface area contributed by atoms with Crippen LogP contribution in [0.5, 0.6) is 5.75 Å². The number of aliphatic hydroxyl groups excluding tert-OH is 2. The monoisotopic (exact) mass is 280 g/mol. The highest BCUT2D eigenvalue weighted by Crippen LogP contribution is 2.20. The van der Waals surface area contributed by atoms with E-state index in [9.17, 15) is 10.2 Å². The fraction of sp³-hybridized carbons (Fsp3) is 0.647. The highest BCUT2D eigenvalue weighted by Gasteiger charge is 2.15. The van der Waals surface area contributed by atoms with E-state index in [-0.39, 0.29) is 0 Å². The molecular weight excluding hydrogens is 252 g/mol. The van der Waals surface area contributed by atoms with Crippen LogP contribution >= 0.6 is 0 Å². The number of ether oxygens (including phenoxy) is 1. The Balaban J connectivity index is 2.51. The minimum Gasteiger partial charge on any atom is -0.494 e. The molecule has 0 aliphatic carbocycles. The molecule has 0 aromatic heterocycles. The van der Waals surface area contributed by atoms with Gasteiger partial charge < -0.3 is 14.9 Å². The molecule has 1 aromatic rings. The molecule has 0 aliphatic rings. The highest BCUT2D eigenvalue weighted by atomic mass is 16.5. The minimum atomic E-state index is -0.634. The molecule has 2 atom stereocenters. The quantitative estimate of drug-likeness (QED) is 0.730. The van der Waals surface area contributed by atoms with Gasteiger partial charge in [-0.2, -0.15) is 0 Å². The van der Waals surface area contributed by atoms with Gasteiger partial charge in [-0.1, -0.05) is 26.3 Å². The van der Waals surface area contributed by atoms with E-state index in [4.69, 9.17) is 4.74 Å². The summed E-state index contributed by atoms with van der Waals surface area (Å²) in [5, 5.41) is 19.6. The third-order valence-electron chi connectivity index (χ3n) is 3.52. The van der Waals surface area contributed by atoms with Gasteiger partial charge in [0.15, 0.2) is 0 Å². The molecule has 3 heteroatoms. The average molecular weight is 280 g/mol. The van der Waals surface area contributed by atoms with E-state index in [1.165, 1.54) is 11.1 Å². The first-order valence-electron chi connectivity index (χ1n) is 7.66. The summed E-state index contributed by atoms with van der Waals surface area (Å²) in [6.07, 6.45) is 2.68. The van der Waals surface area contributed by atoms with Crippen molar-refractivity contribution in [1.29, 1.82) is 0 Å². The summed E-state index contributed by atoms with van der Waals surface area (Å²) < 4.78 is 5.60. The largest absolute Gasteiger partial charge is 0.494 e. The molecule has 2 unspecified atom stereocenters. The van der Waals surface area contributed by atoms with Gasteiger partial charge in [0, 0.05) is 0 Å². The van der Waals surface area contributed by atoms with E-state index >= 15 is 0 Å². The van der Waals surface area contributed by atoms with E-state index in [0.717, 1.165) is 31.6 Å². The first-order chi connectivity index (χ1) is 9.58. The lowest BCUT2D eigenvalue weighted by atomic mass is 9.98. The molecule has 1 rings (SSSR count). The van der Waals surface area contributed by atoms with Crippen molar-refractivity contribution < 1.29 is 14.9 Å². The van der Waals surface area contributed by atoms with E-state index in [1.54, 1.807) is 0 Å². The Morgan fingerprint density at radius 1 is 1.05 bits per heavy atom. The third-order valence-corrected chi connectivity index (χ3v) is 3.52. The second-order valence-corrected chi connectivity index (χ2v) is 5.40. The molecule has 0 saturated heterocycles. The topological polar surface area (TPSA) is 49.7 Å². The van der Waals surface area contributed by atoms with Crippen LogP contribution in [0.2, 0.25) is 0 Å². The van der Waals surface area contributed by atoms with Crippen LogP contribution in [0.4, 0.5) is 0 Å². The third kappa shape index (κ3) is 5.51. The van der Waals surface area contributed by atoms with E-state index < -0.39 is 12.2 Å². The van der Waals surface area contributed by atoms with Crippen molar-refractivity contribution in [2.45, 2.75) is 65.1 Å². The van der Waals surface area contributed by atoms with Crippen molar-refractivity contribution >= 4 is 0 Å². The SMILES string of the molecule is CCCOc1ccc(CCC(O)C(O)CCC)c(C)c1. The van der Waals surface area contributed by atoms with Crippen molar-refractivity contribution in [3.05, 3.63) is 29.3 Å². The first kappa shape index (κ1) is 17.0. The van der Waals surface area contributed by atoms with Crippen LogP contribution < -0.4 is 4.74 Å². The molecule has 1 aromatic carbocycles. The molecule has 2 N–H and O–H groups in total. The lowest BCUT2D eigenvalue weighted by Gasteiger charge is -2.17. The Labute approximate surface area is 122 Å². The first-order valence-corrected chi connectivity index (χ1v) is 7.66. The van der Waals surface area contributed by atoms with Crippen LogP contribution in [-0.2, 0) is 6.42 Å². The van der Waals surface area contributed by atoms with Gasteiger partial charge in [-0.05, 0) is 55.9 Å². The van der Waals surface area contributed by atoms with Crippen molar-refractivity contribution in [2.75, 3.05) is 6.61 Å². The fourth-order valence-corrected chi connectivity index (χ4v) is 2.24. The zero-order valence-electron chi connectivity index (χ0n) is 12.9. The predicted molar refractivity (Wildman–Crippen MR) is 82.2 cm³/mol. The molecular formula is C17H28O3. The van der Waals surface area contributed by atoms with E-state index in [0.29, 0.717) is 12.8 Å². The normalized spacial score (nSPS) is 14.1. The van der Waals surface area contributed by atoms with Crippen LogP contribution in [0, 0.1) is 6.92 Å². The maximum Gasteiger partial charge on any atom is 0.119 e. The van der Waals surface area contributed by atoms with Gasteiger partial charge in [0.25, 0.3) is 0 Å². The Morgan fingerprint density at radius 3 is 2.35 bits per heavy atom. The summed E-state index contributed by atoms with van der Waals surface area (Å²) in [7, 11) is 0. The molecule has 0 fully saturated rings. The van der Waals surface area contributed by atoms with Crippen molar-refractivity contribution in [3.63, 3.8) is 0 Å². The molecule has 0 spiro atoms. The molecule has 0 radical (unpaired) electrons. The number of aliphatic hydroxyl groups is 2. The summed E-state index contributed by atoms with van der Waals surface area (Å²) in [5.74, 6) is 0.902. The van der Waals surface area contributed by atoms with E-state index in [1.807, 2.05) is 19.1 Å². The molecule has 114 valence electrons. The van der Waals surface area contributed by atoms with Gasteiger partial charge in [0.1, 0.15) is 5.75 Å². The van der Waals surface area contributed by atoms with Crippen LogP contribution in [0.1, 0.15) is 50.7 Å². The predicted octanol–water partition coefficient (Wildman–Crippen LogP) is 3.24. The van der Waals surface area contributed by atoms with Gasteiger partial charge in [0.2, 0.25) is 0 Å². The molecule has 0 saturated carbocycles. The Bertz CT molecular complexity index is 390. The maximum atomic E-state index is 9.90. The number of rotatable bonds is 9. The lowest BCUT2D eigenvalue weighted by Crippen LogP contribution is -2.26. The number of hydrogen-bond acceptors (Lipinski definition) is 3. The molecule has 0 bridgehead atoms. The summed E-state index contributed by atoms with van der Waals surface area (Å²) in [4.78, 5) is 0. The lowest BCUT2D eigenvalue weighted by molar-refractivity contribution is 0.00979. The van der Waals surface area contributed by atoms with Crippen molar-refractivity contribution in [3.8, 4) is 5.75 Å². The van der Waals surface area contributed by atoms with Crippen LogP contribution in [0.25, 0.3) is 0 Å². The zero-order valence-corrected chi connectivity index (χ0v) is 12.9. The van der Waals surface area contributed by atoms with Gasteiger partial charge in [0.05, 0.1) is 18.8 Å². The second kappa shape index (κ2) is 8.98. The van der Waals surface area contributed by atoms with Gasteiger partial charge in [-0.15, -0.1) is 0 Å². The average Bonchev–Trinajstić information content (AvgIpc) is 2.44. The van der Waals surface area contributed by atoms with Crippen molar-refractivity contribution in [2.24, 2.45) is 0 Å². The zero-order chi connectivity index (χ0) is 15.0. The van der Waals surface area contributed by atoms with Crippen LogP contribution in [0.15, 0.2) is 18.2 Å². The number of hydrogen-bond donors (Lipinski definition) is 2. The summed E-state index contributed by atoms with van der Waals surface area (Å²) in [5.41, 5.74) is 2.38. The standard InChI is InChI=1S/C17H28O3/c1-4-6-16(18)17(19)10-8-14-7-9-15(12-13(14)3)20-11-5-2/h7,9,12,16-19H,4-6,8,10-11H2,1-3H3. The summed E-state index contributed by atoms with van der Waals surface area (Å²) in [6, 6.07) is 6.08. The highest BCUT2D eigenvalue weighted by molar-refractivity contribution is 5.34. The van der Waals surface area contributed by atoms with Crippen LogP contribution in [0.3, 0.4) is 0 Å². The molecule has 0 aliphatic heterocycles. The Morgan fingerprint density at radius 2 is 1.75 bits per heavy atom. The van der Waals surface area contributed by atoms with Crippen LogP contribution in [-0.4, -0.2) is 29.0 Å². The van der Waals surface area contributed by atoms with Gasteiger partial charge in [-0.3, -0.25) is 0 Å². The summed E-state index contributed by atoms with van der Waals surface area (Å²) >= 11 is 0. The Hall–Kier alpha value is -1.06. The van der Waals surface area contributed by atoms with Gasteiger partial charge in [-0.25, -0.2) is 0 Å². The number of aryl methyl sites for hydroxylation is 2. The molecule has 0 heterocycles. The van der Waals surface area contributed by atoms with E-state index in [2.05, 4.69) is 19.9 Å². The number of benzene rings is 1. The Kier molecular flexibility index (Phi) is 7.63. The fourth-order valence-electron chi connectivity index (χ4n) is 2.24. The molecule has 20 heavy (non-hydrogen) atoms.